The fourth-order valence-electron chi connectivity index (χ4n) is 5.01. The molecule has 4 aromatic carbocycles. The van der Waals surface area contributed by atoms with Gasteiger partial charge in [0.15, 0.2) is 0 Å². The van der Waals surface area contributed by atoms with Crippen LogP contribution in [0.15, 0.2) is 134 Å². The summed E-state index contributed by atoms with van der Waals surface area (Å²) in [6.07, 6.45) is -0.283. The zero-order valence-corrected chi connectivity index (χ0v) is 23.3. The van der Waals surface area contributed by atoms with Gasteiger partial charge in [-0.15, -0.1) is 6.58 Å². The Hall–Kier alpha value is -3.58. The molecule has 0 saturated carbocycles. The van der Waals surface area contributed by atoms with Gasteiger partial charge in [-0.05, 0) is 22.3 Å². The molecular formula is C36H38O5. The first kappa shape index (κ1) is 28.9. The second-order valence-electron chi connectivity index (χ2n) is 10.2. The molecule has 0 N–H and O–H groups in total. The normalized spacial score (nSPS) is 22.3. The highest BCUT2D eigenvalue weighted by molar-refractivity contribution is 5.17. The van der Waals surface area contributed by atoms with Crippen LogP contribution in [-0.2, 0) is 50.1 Å². The fraction of sp³-hybridized carbons (Fsp3) is 0.278. The van der Waals surface area contributed by atoms with Gasteiger partial charge in [0, 0.05) is 0 Å². The highest BCUT2D eigenvalue weighted by Gasteiger charge is 2.47. The van der Waals surface area contributed by atoms with E-state index in [2.05, 4.69) is 55.1 Å². The minimum absolute atomic E-state index is 0.343. The third kappa shape index (κ3) is 8.46. The highest BCUT2D eigenvalue weighted by Crippen LogP contribution is 2.31. The van der Waals surface area contributed by atoms with Crippen LogP contribution in [-0.4, -0.2) is 37.1 Å². The molecule has 5 heteroatoms. The topological polar surface area (TPSA) is 46.2 Å². The maximum atomic E-state index is 6.66. The number of hydrogen-bond donors (Lipinski definition) is 0. The van der Waals surface area contributed by atoms with Crippen molar-refractivity contribution in [3.05, 3.63) is 156 Å². The second kappa shape index (κ2) is 15.4. The van der Waals surface area contributed by atoms with Crippen molar-refractivity contribution >= 4 is 0 Å². The summed E-state index contributed by atoms with van der Waals surface area (Å²) < 4.78 is 32.6. The first-order valence-corrected chi connectivity index (χ1v) is 14.2. The van der Waals surface area contributed by atoms with E-state index >= 15 is 0 Å². The van der Waals surface area contributed by atoms with Crippen molar-refractivity contribution in [2.45, 2.75) is 56.9 Å². The van der Waals surface area contributed by atoms with E-state index in [-0.39, 0.29) is 6.10 Å². The van der Waals surface area contributed by atoms with Crippen LogP contribution in [0.2, 0.25) is 0 Å². The smallest absolute Gasteiger partial charge is 0.116 e. The molecule has 0 unspecified atom stereocenters. The van der Waals surface area contributed by atoms with Crippen LogP contribution in [0.1, 0.15) is 22.3 Å². The Morgan fingerprint density at radius 1 is 0.512 bits per heavy atom. The molecule has 5 atom stereocenters. The minimum Gasteiger partial charge on any atom is -0.374 e. The number of hydrogen-bond acceptors (Lipinski definition) is 5. The van der Waals surface area contributed by atoms with Gasteiger partial charge < -0.3 is 23.7 Å². The first-order valence-electron chi connectivity index (χ1n) is 14.2. The lowest BCUT2D eigenvalue weighted by Gasteiger charge is -2.45. The van der Waals surface area contributed by atoms with Crippen LogP contribution >= 0.6 is 0 Å². The average Bonchev–Trinajstić information content (AvgIpc) is 3.04. The summed E-state index contributed by atoms with van der Waals surface area (Å²) >= 11 is 0. The van der Waals surface area contributed by atoms with Crippen LogP contribution in [0.5, 0.6) is 0 Å². The fourth-order valence-corrected chi connectivity index (χ4v) is 5.01. The van der Waals surface area contributed by atoms with Crippen molar-refractivity contribution in [1.29, 1.82) is 0 Å². The zero-order chi connectivity index (χ0) is 28.1. The van der Waals surface area contributed by atoms with E-state index in [1.54, 1.807) is 6.08 Å². The summed E-state index contributed by atoms with van der Waals surface area (Å²) in [6, 6.07) is 40.5. The Labute approximate surface area is 243 Å². The molecule has 0 aromatic heterocycles. The van der Waals surface area contributed by atoms with Crippen molar-refractivity contribution in [2.75, 3.05) is 6.61 Å². The molecule has 5 rings (SSSR count). The average molecular weight is 551 g/mol. The third-order valence-corrected chi connectivity index (χ3v) is 7.15. The van der Waals surface area contributed by atoms with Crippen molar-refractivity contribution in [1.82, 2.24) is 0 Å². The molecule has 1 fully saturated rings. The van der Waals surface area contributed by atoms with E-state index < -0.39 is 24.4 Å². The van der Waals surface area contributed by atoms with Crippen LogP contribution in [0.4, 0.5) is 0 Å². The molecule has 4 aromatic rings. The van der Waals surface area contributed by atoms with E-state index in [0.717, 1.165) is 22.3 Å². The number of ether oxygens (including phenoxy) is 5. The lowest BCUT2D eigenvalue weighted by molar-refractivity contribution is -0.263. The second-order valence-corrected chi connectivity index (χ2v) is 10.2. The lowest BCUT2D eigenvalue weighted by atomic mass is 9.94. The van der Waals surface area contributed by atoms with Gasteiger partial charge in [-0.25, -0.2) is 0 Å². The predicted molar refractivity (Wildman–Crippen MR) is 160 cm³/mol. The van der Waals surface area contributed by atoms with Gasteiger partial charge in [-0.3, -0.25) is 0 Å². The van der Waals surface area contributed by atoms with Crippen LogP contribution in [0.3, 0.4) is 0 Å². The van der Waals surface area contributed by atoms with E-state index in [1.807, 2.05) is 72.8 Å². The van der Waals surface area contributed by atoms with Crippen molar-refractivity contribution in [2.24, 2.45) is 0 Å². The monoisotopic (exact) mass is 550 g/mol. The summed E-state index contributed by atoms with van der Waals surface area (Å²) in [5, 5.41) is 0. The Morgan fingerprint density at radius 3 is 1.34 bits per heavy atom. The van der Waals surface area contributed by atoms with Crippen LogP contribution in [0.25, 0.3) is 0 Å². The van der Waals surface area contributed by atoms with Gasteiger partial charge in [-0.2, -0.15) is 0 Å². The van der Waals surface area contributed by atoms with Crippen LogP contribution < -0.4 is 0 Å². The number of benzene rings is 4. The Bertz CT molecular complexity index is 1280. The molecule has 0 radical (unpaired) electrons. The van der Waals surface area contributed by atoms with Gasteiger partial charge >= 0.3 is 0 Å². The third-order valence-electron chi connectivity index (χ3n) is 7.15. The van der Waals surface area contributed by atoms with Gasteiger partial charge in [0.2, 0.25) is 0 Å². The maximum Gasteiger partial charge on any atom is 0.116 e. The predicted octanol–water partition coefficient (Wildman–Crippen LogP) is 6.91. The molecule has 1 heterocycles. The Balaban J connectivity index is 1.39. The van der Waals surface area contributed by atoms with Crippen molar-refractivity contribution < 1.29 is 23.7 Å². The van der Waals surface area contributed by atoms with Gasteiger partial charge in [-0.1, -0.05) is 127 Å². The van der Waals surface area contributed by atoms with E-state index in [4.69, 9.17) is 23.7 Å². The lowest BCUT2D eigenvalue weighted by Crippen LogP contribution is -2.60. The Morgan fingerprint density at radius 2 is 0.902 bits per heavy atom. The van der Waals surface area contributed by atoms with E-state index in [9.17, 15) is 0 Å². The van der Waals surface area contributed by atoms with Crippen molar-refractivity contribution in [3.8, 4) is 0 Å². The molecule has 41 heavy (non-hydrogen) atoms. The zero-order valence-electron chi connectivity index (χ0n) is 23.3. The number of rotatable bonds is 14. The minimum atomic E-state index is -0.438. The molecule has 212 valence electrons. The molecule has 0 spiro atoms. The van der Waals surface area contributed by atoms with Gasteiger partial charge in [0.1, 0.15) is 30.5 Å². The quantitative estimate of drug-likeness (QED) is 0.160. The first-order chi connectivity index (χ1) is 20.3. The van der Waals surface area contributed by atoms with E-state index in [0.29, 0.717) is 33.0 Å². The molecule has 0 bridgehead atoms. The summed E-state index contributed by atoms with van der Waals surface area (Å²) in [4.78, 5) is 0. The molecule has 1 aliphatic rings. The van der Waals surface area contributed by atoms with E-state index in [1.165, 1.54) is 0 Å². The summed E-state index contributed by atoms with van der Waals surface area (Å²) in [6.45, 7) is 6.16. The van der Waals surface area contributed by atoms with Crippen molar-refractivity contribution in [3.63, 3.8) is 0 Å². The largest absolute Gasteiger partial charge is 0.374 e. The van der Waals surface area contributed by atoms with Gasteiger partial charge in [0.05, 0.1) is 33.0 Å². The summed E-state index contributed by atoms with van der Waals surface area (Å²) in [5.74, 6) is 0. The SMILES string of the molecule is C=C[C@@H]1O[C@H](COCc2ccccc2)[C@@H](OCc2ccccc2)[C@H](OCc2ccccc2)[C@@H]1OCc1ccccc1. The molecule has 1 aliphatic heterocycles. The van der Waals surface area contributed by atoms with Crippen LogP contribution in [0, 0.1) is 0 Å². The molecular weight excluding hydrogens is 512 g/mol. The van der Waals surface area contributed by atoms with Gasteiger partial charge in [0.25, 0.3) is 0 Å². The highest BCUT2D eigenvalue weighted by atomic mass is 16.6. The molecule has 5 nitrogen and oxygen atoms in total. The summed E-state index contributed by atoms with van der Waals surface area (Å²) in [7, 11) is 0. The molecule has 0 amide bonds. The summed E-state index contributed by atoms with van der Waals surface area (Å²) in [5.41, 5.74) is 4.33. The molecule has 0 aliphatic carbocycles. The maximum absolute atomic E-state index is 6.66. The standard InChI is InChI=1S/C36H38O5/c1-2-32-34(38-24-29-17-9-4-10-18-29)36(40-26-31-21-13-6-14-22-31)35(39-25-30-19-11-5-12-20-30)33(41-32)27-37-23-28-15-7-3-8-16-28/h2-22,32-36H,1,23-27H2/t32-,33+,34+,35+,36+/m0/s1. The molecule has 1 saturated heterocycles. The Kier molecular flexibility index (Phi) is 10.9.